The summed E-state index contributed by atoms with van der Waals surface area (Å²) in [5.41, 5.74) is 0. The third-order valence-corrected chi connectivity index (χ3v) is 15.9. The van der Waals surface area contributed by atoms with Gasteiger partial charge in [0.05, 0.1) is 25.4 Å². The van der Waals surface area contributed by atoms with E-state index in [4.69, 9.17) is 4.74 Å². The standard InChI is InChI=1S/C70H133NO5/c1-3-5-7-9-11-13-15-17-35-39-42-46-50-54-58-62-68(73)67(66-72)71-69(74)63-59-55-51-47-43-40-36-33-31-29-27-25-23-21-19-18-20-22-24-26-28-30-32-34-37-41-45-49-53-57-61-65-76-70(75)64-60-56-52-48-44-38-16-14-12-10-8-6-4-2/h8,10,14,16,20,22,67-68,72-73H,3-7,9,11-13,15,17-19,21,23-66H2,1-2H3,(H,71,74)/b10-8-,16-14-,22-20-. The number of esters is 1. The summed E-state index contributed by atoms with van der Waals surface area (Å²) in [5, 5.41) is 23.3. The molecule has 0 fully saturated rings. The topological polar surface area (TPSA) is 95.9 Å². The lowest BCUT2D eigenvalue weighted by atomic mass is 10.0. The molecular weight excluding hydrogens is 935 g/mol. The molecule has 0 aliphatic rings. The minimum atomic E-state index is -0.663. The Hall–Kier alpha value is -1.92. The zero-order valence-corrected chi connectivity index (χ0v) is 51.3. The molecule has 3 N–H and O–H groups in total. The van der Waals surface area contributed by atoms with Gasteiger partial charge in [-0.2, -0.15) is 0 Å². The lowest BCUT2D eigenvalue weighted by molar-refractivity contribution is -0.143. The van der Waals surface area contributed by atoms with Gasteiger partial charge in [0.2, 0.25) is 5.91 Å². The Labute approximate surface area is 474 Å². The lowest BCUT2D eigenvalue weighted by Gasteiger charge is -2.22. The summed E-state index contributed by atoms with van der Waals surface area (Å²) in [6.07, 6.45) is 83.3. The van der Waals surface area contributed by atoms with Crippen LogP contribution in [0.25, 0.3) is 0 Å². The third-order valence-electron chi connectivity index (χ3n) is 15.9. The van der Waals surface area contributed by atoms with Crippen molar-refractivity contribution in [2.45, 2.75) is 386 Å². The molecule has 0 aliphatic carbocycles. The van der Waals surface area contributed by atoms with Crippen molar-refractivity contribution in [3.63, 3.8) is 0 Å². The molecule has 0 aromatic carbocycles. The van der Waals surface area contributed by atoms with Crippen LogP contribution in [0.2, 0.25) is 0 Å². The second-order valence-corrected chi connectivity index (χ2v) is 23.5. The third kappa shape index (κ3) is 61.3. The summed E-state index contributed by atoms with van der Waals surface area (Å²) in [6.45, 7) is 4.91. The van der Waals surface area contributed by atoms with E-state index in [2.05, 4.69) is 55.6 Å². The van der Waals surface area contributed by atoms with Crippen LogP contribution in [0, 0.1) is 0 Å². The maximum atomic E-state index is 12.5. The van der Waals surface area contributed by atoms with Gasteiger partial charge >= 0.3 is 5.97 Å². The summed E-state index contributed by atoms with van der Waals surface area (Å²) >= 11 is 0. The van der Waals surface area contributed by atoms with Gasteiger partial charge in [-0.15, -0.1) is 0 Å². The zero-order valence-electron chi connectivity index (χ0n) is 51.3. The lowest BCUT2D eigenvalue weighted by Crippen LogP contribution is -2.45. The fourth-order valence-corrected chi connectivity index (χ4v) is 10.7. The summed E-state index contributed by atoms with van der Waals surface area (Å²) in [4.78, 5) is 24.5. The molecule has 0 radical (unpaired) electrons. The molecule has 6 nitrogen and oxygen atoms in total. The van der Waals surface area contributed by atoms with Crippen LogP contribution in [0.3, 0.4) is 0 Å². The van der Waals surface area contributed by atoms with Crippen molar-refractivity contribution in [3.05, 3.63) is 36.5 Å². The van der Waals surface area contributed by atoms with E-state index < -0.39 is 12.1 Å². The van der Waals surface area contributed by atoms with Crippen molar-refractivity contribution < 1.29 is 24.5 Å². The van der Waals surface area contributed by atoms with Gasteiger partial charge in [0, 0.05) is 12.8 Å². The van der Waals surface area contributed by atoms with Gasteiger partial charge in [-0.3, -0.25) is 9.59 Å². The highest BCUT2D eigenvalue weighted by Crippen LogP contribution is 2.18. The molecule has 448 valence electrons. The molecule has 0 spiro atoms. The number of unbranched alkanes of at least 4 members (excludes halogenated alkanes) is 47. The van der Waals surface area contributed by atoms with Gasteiger partial charge in [-0.1, -0.05) is 320 Å². The van der Waals surface area contributed by atoms with Gasteiger partial charge in [0.15, 0.2) is 0 Å². The Morgan fingerprint density at radius 2 is 0.684 bits per heavy atom. The van der Waals surface area contributed by atoms with Crippen LogP contribution < -0.4 is 5.32 Å². The molecule has 2 unspecified atom stereocenters. The maximum Gasteiger partial charge on any atom is 0.305 e. The number of rotatable bonds is 64. The molecule has 6 heteroatoms. The van der Waals surface area contributed by atoms with E-state index in [9.17, 15) is 19.8 Å². The smallest absolute Gasteiger partial charge is 0.305 e. The van der Waals surface area contributed by atoms with E-state index >= 15 is 0 Å². The van der Waals surface area contributed by atoms with Crippen LogP contribution >= 0.6 is 0 Å². The SMILES string of the molecule is CCC/C=C\C/C=C\CCCCCCCC(=O)OCCCCCCCCCCCCCC/C=C\CCCCCCCCCCCCCCCCCC(=O)NC(CO)C(O)CCCCCCCCCCCCCCCCC. The molecule has 0 saturated carbocycles. The molecule has 76 heavy (non-hydrogen) atoms. The molecule has 0 bridgehead atoms. The summed E-state index contributed by atoms with van der Waals surface area (Å²) in [5.74, 6) is -0.0281. The largest absolute Gasteiger partial charge is 0.466 e. The van der Waals surface area contributed by atoms with Crippen molar-refractivity contribution in [2.75, 3.05) is 13.2 Å². The van der Waals surface area contributed by atoms with Gasteiger partial charge < -0.3 is 20.3 Å². The van der Waals surface area contributed by atoms with Crippen molar-refractivity contribution in [1.82, 2.24) is 5.32 Å². The molecule has 0 aliphatic heterocycles. The van der Waals surface area contributed by atoms with Crippen molar-refractivity contribution in [1.29, 1.82) is 0 Å². The highest BCUT2D eigenvalue weighted by molar-refractivity contribution is 5.76. The van der Waals surface area contributed by atoms with E-state index in [1.165, 1.54) is 289 Å². The fourth-order valence-electron chi connectivity index (χ4n) is 10.7. The van der Waals surface area contributed by atoms with E-state index in [-0.39, 0.29) is 18.5 Å². The number of nitrogens with one attached hydrogen (secondary N) is 1. The molecule has 2 atom stereocenters. The number of aliphatic hydroxyl groups is 2. The van der Waals surface area contributed by atoms with Crippen LogP contribution in [0.4, 0.5) is 0 Å². The first-order chi connectivity index (χ1) is 37.5. The van der Waals surface area contributed by atoms with Crippen molar-refractivity contribution in [2.24, 2.45) is 0 Å². The average molecular weight is 1070 g/mol. The summed E-state index contributed by atoms with van der Waals surface area (Å²) < 4.78 is 5.47. The monoisotopic (exact) mass is 1070 g/mol. The Bertz CT molecular complexity index is 1230. The van der Waals surface area contributed by atoms with Crippen molar-refractivity contribution in [3.8, 4) is 0 Å². The molecule has 0 aromatic heterocycles. The van der Waals surface area contributed by atoms with Crippen LogP contribution in [0.1, 0.15) is 373 Å². The van der Waals surface area contributed by atoms with E-state index in [0.29, 0.717) is 25.9 Å². The number of ether oxygens (including phenoxy) is 1. The van der Waals surface area contributed by atoms with Gasteiger partial charge in [0.1, 0.15) is 0 Å². The fraction of sp³-hybridized carbons (Fsp3) is 0.886. The maximum absolute atomic E-state index is 12.5. The van der Waals surface area contributed by atoms with Crippen LogP contribution in [0.15, 0.2) is 36.5 Å². The summed E-state index contributed by atoms with van der Waals surface area (Å²) in [6, 6.07) is -0.540. The number of allylic oxidation sites excluding steroid dienone is 6. The van der Waals surface area contributed by atoms with Gasteiger partial charge in [0.25, 0.3) is 0 Å². The van der Waals surface area contributed by atoms with Gasteiger partial charge in [-0.05, 0) is 77.0 Å². The predicted octanol–water partition coefficient (Wildman–Crippen LogP) is 21.9. The number of aliphatic hydroxyl groups excluding tert-OH is 2. The van der Waals surface area contributed by atoms with E-state index in [1.54, 1.807) is 0 Å². The number of hydrogen-bond acceptors (Lipinski definition) is 5. The second-order valence-electron chi connectivity index (χ2n) is 23.5. The van der Waals surface area contributed by atoms with Crippen LogP contribution in [-0.4, -0.2) is 47.4 Å². The minimum absolute atomic E-state index is 0.00244. The molecule has 0 rings (SSSR count). The normalized spacial score (nSPS) is 12.7. The Morgan fingerprint density at radius 1 is 0.368 bits per heavy atom. The van der Waals surface area contributed by atoms with Crippen LogP contribution in [0.5, 0.6) is 0 Å². The minimum Gasteiger partial charge on any atom is -0.466 e. The van der Waals surface area contributed by atoms with Gasteiger partial charge in [-0.25, -0.2) is 0 Å². The number of hydrogen-bond donors (Lipinski definition) is 3. The number of carbonyl (C=O) groups is 2. The number of amides is 1. The molecular formula is C70H133NO5. The van der Waals surface area contributed by atoms with Crippen molar-refractivity contribution >= 4 is 11.9 Å². The Balaban J connectivity index is 3.36. The molecule has 0 saturated heterocycles. The summed E-state index contributed by atoms with van der Waals surface area (Å²) in [7, 11) is 0. The second kappa shape index (κ2) is 65.6. The molecule has 0 aromatic rings. The predicted molar refractivity (Wildman–Crippen MR) is 333 cm³/mol. The highest BCUT2D eigenvalue weighted by atomic mass is 16.5. The molecule has 1 amide bonds. The zero-order chi connectivity index (χ0) is 55.0. The Morgan fingerprint density at radius 3 is 1.07 bits per heavy atom. The average Bonchev–Trinajstić information content (AvgIpc) is 3.42. The first-order valence-electron chi connectivity index (χ1n) is 34.2. The van der Waals surface area contributed by atoms with Crippen LogP contribution in [-0.2, 0) is 14.3 Å². The first-order valence-corrected chi connectivity index (χ1v) is 34.2. The van der Waals surface area contributed by atoms with E-state index in [0.717, 1.165) is 51.4 Å². The molecule has 0 heterocycles. The highest BCUT2D eigenvalue weighted by Gasteiger charge is 2.20. The van der Waals surface area contributed by atoms with E-state index in [1.807, 2.05) is 0 Å². The Kier molecular flexibility index (Phi) is 63.9. The quantitative estimate of drug-likeness (QED) is 0.0320. The first kappa shape index (κ1) is 74.1. The number of carbonyl (C=O) groups excluding carboxylic acids is 2.